The molecule has 17 heavy (non-hydrogen) atoms. The molecule has 0 bridgehead atoms. The van der Waals surface area contributed by atoms with Crippen LogP contribution >= 0.6 is 0 Å². The fourth-order valence-electron chi connectivity index (χ4n) is 1.52. The predicted octanol–water partition coefficient (Wildman–Crippen LogP) is 1.99. The fourth-order valence-corrected chi connectivity index (χ4v) is 1.52. The molecule has 0 aliphatic carbocycles. The Hall–Kier alpha value is -1.61. The van der Waals surface area contributed by atoms with E-state index in [-0.39, 0.29) is 18.3 Å². The summed E-state index contributed by atoms with van der Waals surface area (Å²) in [6.45, 7) is 10.4. The van der Waals surface area contributed by atoms with Crippen molar-refractivity contribution in [3.8, 4) is 0 Å². The lowest BCUT2D eigenvalue weighted by Crippen LogP contribution is -2.39. The maximum absolute atomic E-state index is 11.7. The van der Waals surface area contributed by atoms with E-state index in [1.807, 2.05) is 34.6 Å². The Morgan fingerprint density at radius 1 is 1.47 bits per heavy atom. The first-order valence-electron chi connectivity index (χ1n) is 5.37. The third-order valence-electron chi connectivity index (χ3n) is 2.07. The second-order valence-corrected chi connectivity index (χ2v) is 4.95. The van der Waals surface area contributed by atoms with Crippen LogP contribution in [0.3, 0.4) is 0 Å². The third kappa shape index (κ3) is 5.88. The van der Waals surface area contributed by atoms with Crippen molar-refractivity contribution in [3.63, 3.8) is 0 Å². The average Bonchev–Trinajstić information content (AvgIpc) is 2.43. The molecule has 0 N–H and O–H groups in total. The van der Waals surface area contributed by atoms with Crippen LogP contribution in [0.2, 0.25) is 0 Å². The molecule has 0 saturated carbocycles. The fraction of sp³-hybridized carbons (Fsp3) is 0.667. The van der Waals surface area contributed by atoms with Gasteiger partial charge < -0.3 is 4.74 Å². The van der Waals surface area contributed by atoms with Crippen molar-refractivity contribution in [1.82, 2.24) is 4.90 Å². The highest BCUT2D eigenvalue weighted by molar-refractivity contribution is 5.70. The van der Waals surface area contributed by atoms with Crippen molar-refractivity contribution in [2.24, 2.45) is 0 Å². The van der Waals surface area contributed by atoms with Gasteiger partial charge in [0.1, 0.15) is 5.60 Å². The summed E-state index contributed by atoms with van der Waals surface area (Å²) < 4.78 is 5.29. The summed E-state index contributed by atoms with van der Waals surface area (Å²) in [6.07, 6.45) is 2.11. The molecule has 0 fully saturated rings. The smallest absolute Gasteiger partial charge is 0.411 e. The largest absolute Gasteiger partial charge is 0.444 e. The molecule has 1 amide bonds. The van der Waals surface area contributed by atoms with E-state index in [0.29, 0.717) is 6.54 Å². The number of carbonyl (C=O) groups is 1. The molecule has 0 saturated heterocycles. The van der Waals surface area contributed by atoms with E-state index >= 15 is 0 Å². The monoisotopic (exact) mass is 241 g/mol. The van der Waals surface area contributed by atoms with Crippen LogP contribution in [-0.4, -0.2) is 35.3 Å². The second-order valence-electron chi connectivity index (χ2n) is 4.95. The molecule has 1 rings (SSSR count). The van der Waals surface area contributed by atoms with Crippen molar-refractivity contribution in [2.75, 3.05) is 6.54 Å². The minimum Gasteiger partial charge on any atom is -0.444 e. The molecule has 0 aromatic rings. The van der Waals surface area contributed by atoms with Gasteiger partial charge in [-0.15, -0.1) is 0 Å². The number of amides is 1. The predicted molar refractivity (Wildman–Crippen MR) is 61.2 cm³/mol. The highest BCUT2D eigenvalue weighted by Gasteiger charge is 2.28. The number of hydrogen-bond donors (Lipinski definition) is 0. The highest BCUT2D eigenvalue weighted by atomic mass is 16.6. The van der Waals surface area contributed by atoms with Gasteiger partial charge in [-0.2, -0.15) is 9.59 Å². The number of ether oxygens (including phenoxy) is 1. The Labute approximate surface area is 101 Å². The lowest BCUT2D eigenvalue weighted by Gasteiger charge is -2.27. The minimum absolute atomic E-state index is 0.157. The second kappa shape index (κ2) is 6.21. The van der Waals surface area contributed by atoms with E-state index < -0.39 is 5.60 Å². The van der Waals surface area contributed by atoms with Gasteiger partial charge in [0.05, 0.1) is 6.04 Å². The van der Waals surface area contributed by atoms with Crippen LogP contribution in [-0.2, 0) is 14.3 Å². The van der Waals surface area contributed by atoms with E-state index in [2.05, 4.69) is 6.08 Å². The minimum atomic E-state index is -0.409. The van der Waals surface area contributed by atoms with E-state index in [4.69, 9.17) is 14.3 Å². The molecule has 1 aliphatic heterocycles. The molecular formula is C12H19NO4. The van der Waals surface area contributed by atoms with Gasteiger partial charge in [0, 0.05) is 6.54 Å². The number of carbonyl (C=O) groups excluding carboxylic acids is 3. The first kappa shape index (κ1) is 15.4. The van der Waals surface area contributed by atoms with Gasteiger partial charge in [0.15, 0.2) is 0 Å². The standard InChI is InChI=1S/C11H19NO2.CO2/c1-8-6-9(2)12(7-8)10(13)14-11(3,4)5;2-1-3/h6,9H,7H2,1-5H3;/t9-;/m1./s1. The molecule has 0 spiro atoms. The van der Waals surface area contributed by atoms with Gasteiger partial charge in [0.25, 0.3) is 0 Å². The van der Waals surface area contributed by atoms with E-state index in [1.54, 1.807) is 4.90 Å². The summed E-state index contributed by atoms with van der Waals surface area (Å²) in [7, 11) is 0. The van der Waals surface area contributed by atoms with Crippen molar-refractivity contribution >= 4 is 12.2 Å². The normalized spacial score (nSPS) is 18.8. The topological polar surface area (TPSA) is 63.7 Å². The summed E-state index contributed by atoms with van der Waals surface area (Å²) in [5.74, 6) is 0. The zero-order valence-electron chi connectivity index (χ0n) is 10.9. The molecule has 1 atom stereocenters. The number of nitrogens with zero attached hydrogens (tertiary/aromatic N) is 1. The molecule has 5 nitrogen and oxygen atoms in total. The molecule has 0 aromatic heterocycles. The quantitative estimate of drug-likeness (QED) is 0.608. The first-order chi connectivity index (χ1) is 7.71. The number of hydrogen-bond acceptors (Lipinski definition) is 4. The third-order valence-corrected chi connectivity index (χ3v) is 2.07. The van der Waals surface area contributed by atoms with Crippen LogP contribution < -0.4 is 0 Å². The summed E-state index contributed by atoms with van der Waals surface area (Å²) in [4.78, 5) is 29.7. The highest BCUT2D eigenvalue weighted by Crippen LogP contribution is 2.19. The van der Waals surface area contributed by atoms with Gasteiger partial charge in [-0.3, -0.25) is 4.90 Å². The average molecular weight is 241 g/mol. The molecule has 1 aliphatic rings. The Morgan fingerprint density at radius 2 is 1.94 bits per heavy atom. The summed E-state index contributed by atoms with van der Waals surface area (Å²) in [5, 5.41) is 0. The number of rotatable bonds is 0. The van der Waals surface area contributed by atoms with Crippen LogP contribution in [0.15, 0.2) is 11.6 Å². The van der Waals surface area contributed by atoms with Crippen LogP contribution in [0.4, 0.5) is 4.79 Å². The first-order valence-corrected chi connectivity index (χ1v) is 5.37. The van der Waals surface area contributed by atoms with Gasteiger partial charge in [0.2, 0.25) is 0 Å². The van der Waals surface area contributed by atoms with E-state index in [9.17, 15) is 4.79 Å². The maximum Gasteiger partial charge on any atom is 0.411 e. The van der Waals surface area contributed by atoms with Crippen molar-refractivity contribution < 1.29 is 19.1 Å². The van der Waals surface area contributed by atoms with E-state index in [0.717, 1.165) is 0 Å². The maximum atomic E-state index is 11.7. The van der Waals surface area contributed by atoms with Crippen LogP contribution in [0.1, 0.15) is 34.6 Å². The van der Waals surface area contributed by atoms with Gasteiger partial charge >= 0.3 is 12.2 Å². The van der Waals surface area contributed by atoms with Gasteiger partial charge in [-0.1, -0.05) is 11.6 Å². The lowest BCUT2D eigenvalue weighted by molar-refractivity contribution is -0.191. The van der Waals surface area contributed by atoms with Crippen molar-refractivity contribution in [2.45, 2.75) is 46.3 Å². The Balaban J connectivity index is 0.000000770. The van der Waals surface area contributed by atoms with Gasteiger partial charge in [-0.05, 0) is 34.6 Å². The Morgan fingerprint density at radius 3 is 2.24 bits per heavy atom. The summed E-state index contributed by atoms with van der Waals surface area (Å²) >= 11 is 0. The van der Waals surface area contributed by atoms with Gasteiger partial charge in [-0.25, -0.2) is 4.79 Å². The summed E-state index contributed by atoms with van der Waals surface area (Å²) in [6, 6.07) is 0.157. The summed E-state index contributed by atoms with van der Waals surface area (Å²) in [5.41, 5.74) is 0.816. The Bertz CT molecular complexity index is 335. The van der Waals surface area contributed by atoms with Crippen molar-refractivity contribution in [3.05, 3.63) is 11.6 Å². The van der Waals surface area contributed by atoms with E-state index in [1.165, 1.54) is 5.57 Å². The molecule has 0 unspecified atom stereocenters. The van der Waals surface area contributed by atoms with Crippen LogP contribution in [0.5, 0.6) is 0 Å². The zero-order valence-corrected chi connectivity index (χ0v) is 10.9. The molecule has 0 aromatic carbocycles. The molecule has 96 valence electrons. The van der Waals surface area contributed by atoms with Crippen molar-refractivity contribution in [1.29, 1.82) is 0 Å². The van der Waals surface area contributed by atoms with Crippen LogP contribution in [0.25, 0.3) is 0 Å². The molecular weight excluding hydrogens is 222 g/mol. The molecule has 0 radical (unpaired) electrons. The molecule has 1 heterocycles. The Kier molecular flexibility index (Phi) is 5.62. The molecule has 5 heteroatoms. The zero-order chi connectivity index (χ0) is 13.6. The SMILES string of the molecule is CC1=C[C@@H](C)N(C(=O)OC(C)(C)C)C1.O=C=O. The lowest BCUT2D eigenvalue weighted by atomic mass is 10.2. The van der Waals surface area contributed by atoms with Crippen LogP contribution in [0, 0.1) is 0 Å².